The highest BCUT2D eigenvalue weighted by atomic mass is 32.2. The molecule has 0 saturated heterocycles. The van der Waals surface area contributed by atoms with E-state index in [2.05, 4.69) is 53.5 Å². The highest BCUT2D eigenvalue weighted by Crippen LogP contribution is 2.40. The van der Waals surface area contributed by atoms with Crippen LogP contribution in [-0.4, -0.2) is 33.9 Å². The van der Waals surface area contributed by atoms with Crippen LogP contribution in [0.5, 0.6) is 0 Å². The molecule has 2 aromatic carbocycles. The van der Waals surface area contributed by atoms with Crippen molar-refractivity contribution in [1.29, 1.82) is 0 Å². The second-order valence-electron chi connectivity index (χ2n) is 7.79. The smallest absolute Gasteiger partial charge is 0.197 e. The average molecular weight is 411 g/mol. The quantitative estimate of drug-likeness (QED) is 0.494. The summed E-state index contributed by atoms with van der Waals surface area (Å²) in [5, 5.41) is 18.6. The number of benzene rings is 2. The molecule has 1 aliphatic rings. The molecule has 0 unspecified atom stereocenters. The fraction of sp³-hybridized carbons (Fsp3) is 0.348. The van der Waals surface area contributed by atoms with E-state index in [0.29, 0.717) is 12.3 Å². The number of aliphatic hydroxyl groups is 2. The Labute approximate surface area is 175 Å². The number of hydrogen-bond acceptors (Lipinski definition) is 6. The number of aromatic nitrogens is 1. The number of oxazole rings is 1. The summed E-state index contributed by atoms with van der Waals surface area (Å²) in [4.78, 5) is 6.92. The Morgan fingerprint density at radius 1 is 1.00 bits per heavy atom. The van der Waals surface area contributed by atoms with Gasteiger partial charge in [-0.2, -0.15) is 0 Å². The van der Waals surface area contributed by atoms with Gasteiger partial charge in [-0.05, 0) is 55.5 Å². The van der Waals surface area contributed by atoms with Crippen molar-refractivity contribution in [2.24, 2.45) is 5.73 Å². The molecule has 29 heavy (non-hydrogen) atoms. The number of nitrogens with two attached hydrogens (primary N) is 1. The van der Waals surface area contributed by atoms with E-state index in [0.717, 1.165) is 38.9 Å². The molecule has 0 radical (unpaired) electrons. The number of aryl methyl sites for hydroxylation is 1. The van der Waals surface area contributed by atoms with Gasteiger partial charge in [-0.1, -0.05) is 36.0 Å². The molecule has 1 aliphatic carbocycles. The molecule has 4 rings (SSSR count). The van der Waals surface area contributed by atoms with Crippen LogP contribution >= 0.6 is 11.8 Å². The maximum absolute atomic E-state index is 9.29. The predicted octanol–water partition coefficient (Wildman–Crippen LogP) is 3.98. The molecule has 1 fully saturated rings. The summed E-state index contributed by atoms with van der Waals surface area (Å²) in [6.07, 6.45) is 5.38. The molecule has 1 aromatic heterocycles. The van der Waals surface area contributed by atoms with Gasteiger partial charge in [0.15, 0.2) is 5.89 Å². The maximum atomic E-state index is 9.29. The Morgan fingerprint density at radius 2 is 1.62 bits per heavy atom. The number of hydrogen-bond donors (Lipinski definition) is 3. The first-order valence-corrected chi connectivity index (χ1v) is 10.7. The van der Waals surface area contributed by atoms with Gasteiger partial charge in [0.05, 0.1) is 18.8 Å². The lowest BCUT2D eigenvalue weighted by molar-refractivity contribution is 0.115. The van der Waals surface area contributed by atoms with Crippen molar-refractivity contribution in [3.8, 4) is 11.3 Å². The third-order valence-electron chi connectivity index (χ3n) is 5.30. The van der Waals surface area contributed by atoms with Crippen LogP contribution in [-0.2, 0) is 6.42 Å². The van der Waals surface area contributed by atoms with Crippen LogP contribution in [0, 0.1) is 0 Å². The Bertz CT molecular complexity index is 930. The van der Waals surface area contributed by atoms with E-state index in [4.69, 9.17) is 10.2 Å². The minimum atomic E-state index is -0.918. The fourth-order valence-corrected chi connectivity index (χ4v) is 3.91. The van der Waals surface area contributed by atoms with Crippen molar-refractivity contribution >= 4 is 11.8 Å². The summed E-state index contributed by atoms with van der Waals surface area (Å²) < 4.78 is 5.58. The van der Waals surface area contributed by atoms with Gasteiger partial charge in [0.25, 0.3) is 0 Å². The Hall–Kier alpha value is -2.12. The molecule has 1 saturated carbocycles. The second kappa shape index (κ2) is 8.71. The van der Waals surface area contributed by atoms with Crippen molar-refractivity contribution in [1.82, 2.24) is 4.98 Å². The van der Waals surface area contributed by atoms with Crippen LogP contribution in [0.4, 0.5) is 0 Å². The monoisotopic (exact) mass is 410 g/mol. The molecule has 0 amide bonds. The van der Waals surface area contributed by atoms with Crippen LogP contribution in [0.15, 0.2) is 69.0 Å². The Kier molecular flexibility index (Phi) is 6.06. The second-order valence-corrected chi connectivity index (χ2v) is 8.94. The molecular weight excluding hydrogens is 384 g/mol. The first kappa shape index (κ1) is 20.2. The number of aliphatic hydroxyl groups excluding tert-OH is 2. The number of rotatable bonds is 9. The van der Waals surface area contributed by atoms with Gasteiger partial charge < -0.3 is 20.4 Å². The molecule has 0 bridgehead atoms. The zero-order valence-electron chi connectivity index (χ0n) is 16.3. The average Bonchev–Trinajstić information content (AvgIpc) is 3.50. The SMILES string of the molecule is NC(CO)(CO)CCc1ccc(Sc2ccc(-c3coc(C4CC4)n3)cc2)cc1. The lowest BCUT2D eigenvalue weighted by Gasteiger charge is -2.24. The first-order valence-electron chi connectivity index (χ1n) is 9.92. The van der Waals surface area contributed by atoms with Gasteiger partial charge in [-0.3, -0.25) is 0 Å². The van der Waals surface area contributed by atoms with E-state index in [-0.39, 0.29) is 13.2 Å². The molecule has 1 heterocycles. The van der Waals surface area contributed by atoms with E-state index in [9.17, 15) is 10.2 Å². The van der Waals surface area contributed by atoms with Gasteiger partial charge >= 0.3 is 0 Å². The molecule has 0 aliphatic heterocycles. The Morgan fingerprint density at radius 3 is 2.21 bits per heavy atom. The molecular formula is C23H26N2O3S. The predicted molar refractivity (Wildman–Crippen MR) is 114 cm³/mol. The van der Waals surface area contributed by atoms with Crippen LogP contribution in [0.2, 0.25) is 0 Å². The first-order chi connectivity index (χ1) is 14.1. The van der Waals surface area contributed by atoms with Crippen LogP contribution in [0.3, 0.4) is 0 Å². The Balaban J connectivity index is 1.35. The van der Waals surface area contributed by atoms with E-state index >= 15 is 0 Å². The van der Waals surface area contributed by atoms with Crippen LogP contribution < -0.4 is 5.73 Å². The van der Waals surface area contributed by atoms with Crippen molar-refractivity contribution in [2.75, 3.05) is 13.2 Å². The summed E-state index contributed by atoms with van der Waals surface area (Å²) in [7, 11) is 0. The van der Waals surface area contributed by atoms with Crippen molar-refractivity contribution in [3.05, 3.63) is 66.2 Å². The molecule has 6 heteroatoms. The number of nitrogens with zero attached hydrogens (tertiary/aromatic N) is 1. The van der Waals surface area contributed by atoms with Gasteiger partial charge in [0.2, 0.25) is 0 Å². The lowest BCUT2D eigenvalue weighted by Crippen LogP contribution is -2.47. The van der Waals surface area contributed by atoms with Crippen molar-refractivity contribution in [3.63, 3.8) is 0 Å². The summed E-state index contributed by atoms with van der Waals surface area (Å²) in [6.45, 7) is -0.437. The summed E-state index contributed by atoms with van der Waals surface area (Å²) in [5.74, 6) is 1.39. The molecule has 4 N–H and O–H groups in total. The lowest BCUT2D eigenvalue weighted by atomic mass is 9.94. The topological polar surface area (TPSA) is 92.5 Å². The zero-order chi connectivity index (χ0) is 20.3. The molecule has 0 atom stereocenters. The molecule has 5 nitrogen and oxygen atoms in total. The maximum Gasteiger partial charge on any atom is 0.197 e. The van der Waals surface area contributed by atoms with E-state index in [1.807, 2.05) is 0 Å². The van der Waals surface area contributed by atoms with E-state index < -0.39 is 5.54 Å². The van der Waals surface area contributed by atoms with E-state index in [1.165, 1.54) is 12.8 Å². The third kappa shape index (κ3) is 5.08. The van der Waals surface area contributed by atoms with Crippen molar-refractivity contribution < 1.29 is 14.6 Å². The molecule has 3 aromatic rings. The minimum absolute atomic E-state index is 0.219. The van der Waals surface area contributed by atoms with Gasteiger partial charge in [0.1, 0.15) is 12.0 Å². The van der Waals surface area contributed by atoms with Crippen molar-refractivity contribution in [2.45, 2.75) is 46.9 Å². The van der Waals surface area contributed by atoms with Gasteiger partial charge in [-0.15, -0.1) is 0 Å². The summed E-state index contributed by atoms with van der Waals surface area (Å²) in [6, 6.07) is 16.7. The minimum Gasteiger partial charge on any atom is -0.448 e. The normalized spacial score (nSPS) is 14.3. The third-order valence-corrected chi connectivity index (χ3v) is 6.31. The van der Waals surface area contributed by atoms with Gasteiger partial charge in [-0.25, -0.2) is 4.98 Å². The van der Waals surface area contributed by atoms with Crippen LogP contribution in [0.1, 0.15) is 36.6 Å². The highest BCUT2D eigenvalue weighted by Gasteiger charge is 2.28. The largest absolute Gasteiger partial charge is 0.448 e. The summed E-state index contributed by atoms with van der Waals surface area (Å²) in [5.41, 5.74) is 8.12. The highest BCUT2D eigenvalue weighted by molar-refractivity contribution is 7.99. The van der Waals surface area contributed by atoms with E-state index in [1.54, 1.807) is 18.0 Å². The fourth-order valence-electron chi connectivity index (χ4n) is 3.09. The zero-order valence-corrected chi connectivity index (χ0v) is 17.1. The van der Waals surface area contributed by atoms with Gasteiger partial charge in [0, 0.05) is 21.3 Å². The standard InChI is InChI=1S/C23H26N2O3S/c24-23(14-26,15-27)12-11-16-1-7-19(8-2-16)29-20-9-5-17(6-10-20)21-13-28-22(25-21)18-3-4-18/h1-2,5-10,13,18,26-27H,3-4,11-12,14-15,24H2. The molecule has 152 valence electrons. The molecule has 0 spiro atoms. The summed E-state index contributed by atoms with van der Waals surface area (Å²) >= 11 is 1.70. The van der Waals surface area contributed by atoms with Crippen LogP contribution in [0.25, 0.3) is 11.3 Å².